The van der Waals surface area contributed by atoms with Gasteiger partial charge in [0.25, 0.3) is 0 Å². The lowest BCUT2D eigenvalue weighted by molar-refractivity contribution is 0.302. The second kappa shape index (κ2) is 10.4. The molecule has 0 bridgehead atoms. The fourth-order valence-corrected chi connectivity index (χ4v) is 5.26. The lowest BCUT2D eigenvalue weighted by Gasteiger charge is -2.29. The molecular formula is C29H34F2. The largest absolute Gasteiger partial charge is 0.207 e. The Kier molecular flexibility index (Phi) is 7.37. The van der Waals surface area contributed by atoms with Crippen LogP contribution in [0, 0.1) is 17.6 Å². The fourth-order valence-electron chi connectivity index (χ4n) is 5.26. The van der Waals surface area contributed by atoms with Gasteiger partial charge in [-0.1, -0.05) is 87.9 Å². The van der Waals surface area contributed by atoms with Gasteiger partial charge in [-0.2, -0.15) is 0 Å². The van der Waals surface area contributed by atoms with Crippen molar-refractivity contribution in [3.05, 3.63) is 71.8 Å². The van der Waals surface area contributed by atoms with Crippen LogP contribution in [0.5, 0.6) is 0 Å². The van der Waals surface area contributed by atoms with Crippen LogP contribution in [-0.2, 0) is 0 Å². The molecule has 0 radical (unpaired) electrons. The molecule has 1 aliphatic rings. The minimum atomic E-state index is -0.344. The van der Waals surface area contributed by atoms with E-state index in [9.17, 15) is 4.39 Å². The van der Waals surface area contributed by atoms with Gasteiger partial charge in [0.15, 0.2) is 0 Å². The molecule has 164 valence electrons. The summed E-state index contributed by atoms with van der Waals surface area (Å²) >= 11 is 0. The third-order valence-electron chi connectivity index (χ3n) is 7.15. The number of hydrogen-bond acceptors (Lipinski definition) is 0. The Morgan fingerprint density at radius 2 is 1.61 bits per heavy atom. The van der Waals surface area contributed by atoms with E-state index in [0.29, 0.717) is 22.4 Å². The Morgan fingerprint density at radius 1 is 0.806 bits per heavy atom. The molecule has 0 N–H and O–H groups in total. The van der Waals surface area contributed by atoms with Gasteiger partial charge in [-0.3, -0.25) is 0 Å². The summed E-state index contributed by atoms with van der Waals surface area (Å²) in [5, 5.41) is 1.56. The van der Waals surface area contributed by atoms with Gasteiger partial charge in [0.1, 0.15) is 11.6 Å². The van der Waals surface area contributed by atoms with E-state index in [1.165, 1.54) is 81.9 Å². The second-order valence-corrected chi connectivity index (χ2v) is 9.34. The standard InChI is InChI=1S/C29H34F2/c1-2-3-4-5-6-8-21-11-13-22(14-12-21)23-15-17-28-25(19-23)16-18-27(29(28)31)24-9-7-10-26(30)20-24/h7,9-10,15-22H,2-6,8,11-14H2,1H3/t21-,22-. The smallest absolute Gasteiger partial charge is 0.138 e. The van der Waals surface area contributed by atoms with Crippen molar-refractivity contribution in [2.45, 2.75) is 77.0 Å². The first kappa shape index (κ1) is 22.0. The maximum Gasteiger partial charge on any atom is 0.138 e. The third-order valence-corrected chi connectivity index (χ3v) is 7.15. The van der Waals surface area contributed by atoms with Gasteiger partial charge in [0, 0.05) is 10.9 Å². The molecular weight excluding hydrogens is 386 g/mol. The van der Waals surface area contributed by atoms with Gasteiger partial charge in [-0.25, -0.2) is 8.78 Å². The van der Waals surface area contributed by atoms with Crippen LogP contribution < -0.4 is 0 Å². The predicted octanol–water partition coefficient (Wildman–Crippen LogP) is 9.42. The third kappa shape index (κ3) is 5.34. The monoisotopic (exact) mass is 420 g/mol. The van der Waals surface area contributed by atoms with Crippen LogP contribution in [-0.4, -0.2) is 0 Å². The Labute approximate surface area is 185 Å². The second-order valence-electron chi connectivity index (χ2n) is 9.34. The molecule has 0 aromatic heterocycles. The molecule has 0 heterocycles. The van der Waals surface area contributed by atoms with Crippen LogP contribution >= 0.6 is 0 Å². The molecule has 0 aliphatic heterocycles. The van der Waals surface area contributed by atoms with Crippen molar-refractivity contribution in [1.82, 2.24) is 0 Å². The van der Waals surface area contributed by atoms with E-state index in [4.69, 9.17) is 0 Å². The van der Waals surface area contributed by atoms with Crippen LogP contribution in [0.4, 0.5) is 8.78 Å². The molecule has 3 aromatic rings. The molecule has 31 heavy (non-hydrogen) atoms. The Balaban J connectivity index is 1.41. The van der Waals surface area contributed by atoms with Gasteiger partial charge in [-0.15, -0.1) is 0 Å². The summed E-state index contributed by atoms with van der Waals surface area (Å²) in [6, 6.07) is 16.1. The lowest BCUT2D eigenvalue weighted by Crippen LogP contribution is -2.13. The van der Waals surface area contributed by atoms with Crippen LogP contribution in [0.25, 0.3) is 21.9 Å². The maximum atomic E-state index is 15.2. The number of hydrogen-bond donors (Lipinski definition) is 0. The van der Waals surface area contributed by atoms with E-state index < -0.39 is 0 Å². The van der Waals surface area contributed by atoms with Gasteiger partial charge < -0.3 is 0 Å². The lowest BCUT2D eigenvalue weighted by atomic mass is 9.76. The number of halogens is 2. The van der Waals surface area contributed by atoms with Gasteiger partial charge in [0.05, 0.1) is 0 Å². The van der Waals surface area contributed by atoms with Crippen molar-refractivity contribution >= 4 is 10.8 Å². The van der Waals surface area contributed by atoms with Crippen molar-refractivity contribution in [1.29, 1.82) is 0 Å². The number of unbranched alkanes of at least 4 members (excludes halogenated alkanes) is 4. The van der Waals surface area contributed by atoms with Gasteiger partial charge >= 0.3 is 0 Å². The van der Waals surface area contributed by atoms with E-state index in [1.54, 1.807) is 18.2 Å². The fraction of sp³-hybridized carbons (Fsp3) is 0.448. The molecule has 1 saturated carbocycles. The Bertz CT molecular complexity index is 999. The predicted molar refractivity (Wildman–Crippen MR) is 127 cm³/mol. The molecule has 0 atom stereocenters. The van der Waals surface area contributed by atoms with Crippen LogP contribution in [0.15, 0.2) is 54.6 Å². The minimum absolute atomic E-state index is 0.263. The summed E-state index contributed by atoms with van der Waals surface area (Å²) in [5.41, 5.74) is 2.38. The van der Waals surface area contributed by atoms with Crippen molar-refractivity contribution in [3.63, 3.8) is 0 Å². The van der Waals surface area contributed by atoms with E-state index in [1.807, 2.05) is 12.1 Å². The minimum Gasteiger partial charge on any atom is -0.207 e. The zero-order valence-electron chi connectivity index (χ0n) is 18.7. The average molecular weight is 421 g/mol. The van der Waals surface area contributed by atoms with Crippen LogP contribution in [0.1, 0.15) is 82.6 Å². The molecule has 1 fully saturated rings. The highest BCUT2D eigenvalue weighted by Gasteiger charge is 2.22. The first-order chi connectivity index (χ1) is 15.2. The van der Waals surface area contributed by atoms with Crippen LogP contribution in [0.2, 0.25) is 0 Å². The molecule has 0 spiro atoms. The highest BCUT2D eigenvalue weighted by molar-refractivity contribution is 5.88. The summed E-state index contributed by atoms with van der Waals surface area (Å²) in [4.78, 5) is 0. The number of rotatable bonds is 8. The summed E-state index contributed by atoms with van der Waals surface area (Å²) < 4.78 is 28.8. The van der Waals surface area contributed by atoms with Gasteiger partial charge in [-0.05, 0) is 66.2 Å². The summed E-state index contributed by atoms with van der Waals surface area (Å²) in [7, 11) is 0. The molecule has 3 aromatic carbocycles. The zero-order chi connectivity index (χ0) is 21.6. The maximum absolute atomic E-state index is 15.2. The summed E-state index contributed by atoms with van der Waals surface area (Å²) in [6.45, 7) is 2.27. The molecule has 0 saturated heterocycles. The first-order valence-corrected chi connectivity index (χ1v) is 12.1. The topological polar surface area (TPSA) is 0 Å². The highest BCUT2D eigenvalue weighted by atomic mass is 19.1. The zero-order valence-corrected chi connectivity index (χ0v) is 18.7. The average Bonchev–Trinajstić information content (AvgIpc) is 2.79. The molecule has 1 aliphatic carbocycles. The van der Waals surface area contributed by atoms with Crippen molar-refractivity contribution in [2.24, 2.45) is 5.92 Å². The molecule has 2 heteroatoms. The van der Waals surface area contributed by atoms with E-state index in [-0.39, 0.29) is 11.6 Å². The number of fused-ring (bicyclic) bond motifs is 1. The highest BCUT2D eigenvalue weighted by Crippen LogP contribution is 2.39. The van der Waals surface area contributed by atoms with E-state index >= 15 is 4.39 Å². The first-order valence-electron chi connectivity index (χ1n) is 12.1. The summed E-state index contributed by atoms with van der Waals surface area (Å²) in [6.07, 6.45) is 13.4. The Morgan fingerprint density at radius 3 is 2.39 bits per heavy atom. The van der Waals surface area contributed by atoms with Crippen molar-refractivity contribution in [3.8, 4) is 11.1 Å². The molecule has 4 rings (SSSR count). The number of benzene rings is 3. The molecule has 0 amide bonds. The molecule has 0 nitrogen and oxygen atoms in total. The SMILES string of the molecule is CCCCCCC[C@H]1CC[C@H](c2ccc3c(F)c(-c4cccc(F)c4)ccc3c2)CC1. The van der Waals surface area contributed by atoms with E-state index in [0.717, 1.165) is 11.3 Å². The molecule has 0 unspecified atom stereocenters. The quantitative estimate of drug-likeness (QED) is 0.318. The normalized spacial score (nSPS) is 19.1. The van der Waals surface area contributed by atoms with Crippen molar-refractivity contribution in [2.75, 3.05) is 0 Å². The summed E-state index contributed by atoms with van der Waals surface area (Å²) in [5.74, 6) is 0.877. The van der Waals surface area contributed by atoms with Crippen molar-refractivity contribution < 1.29 is 8.78 Å². The Hall–Kier alpha value is -2.22. The van der Waals surface area contributed by atoms with Gasteiger partial charge in [0.2, 0.25) is 0 Å². The van der Waals surface area contributed by atoms with E-state index in [2.05, 4.69) is 19.1 Å². The van der Waals surface area contributed by atoms with Crippen LogP contribution in [0.3, 0.4) is 0 Å².